The molecule has 3 rings (SSSR count). The van der Waals surface area contributed by atoms with Crippen LogP contribution in [0.2, 0.25) is 0 Å². The molecule has 3 nitrogen and oxygen atoms in total. The van der Waals surface area contributed by atoms with Crippen molar-refractivity contribution in [1.29, 1.82) is 0 Å². The van der Waals surface area contributed by atoms with E-state index in [1.165, 1.54) is 17.7 Å². The monoisotopic (exact) mass is 377 g/mol. The van der Waals surface area contributed by atoms with Crippen LogP contribution in [0, 0.1) is 0 Å². The minimum Gasteiger partial charge on any atom is -0.273 e. The Morgan fingerprint density at radius 3 is 2.65 bits per heavy atom. The van der Waals surface area contributed by atoms with Gasteiger partial charge in [-0.1, -0.05) is 25.8 Å². The van der Waals surface area contributed by atoms with E-state index in [4.69, 9.17) is 0 Å². The van der Waals surface area contributed by atoms with Crippen molar-refractivity contribution in [2.45, 2.75) is 32.4 Å². The average Bonchev–Trinajstić information content (AvgIpc) is 3.28. The Bertz CT molecular complexity index is 876. The minimum absolute atomic E-state index is 0.176. The first-order chi connectivity index (χ1) is 12.5. The van der Waals surface area contributed by atoms with Crippen LogP contribution in [0.5, 0.6) is 0 Å². The van der Waals surface area contributed by atoms with Crippen molar-refractivity contribution in [2.24, 2.45) is 0 Å². The molecule has 1 N–H and O–H groups in total. The molecule has 0 spiro atoms. The number of hydrogen-bond acceptors (Lipinski definition) is 3. The van der Waals surface area contributed by atoms with Crippen LogP contribution < -0.4 is 0 Å². The van der Waals surface area contributed by atoms with Crippen LogP contribution in [0.4, 0.5) is 13.2 Å². The van der Waals surface area contributed by atoms with Crippen molar-refractivity contribution >= 4 is 17.4 Å². The Balaban J connectivity index is 1.73. The summed E-state index contributed by atoms with van der Waals surface area (Å²) in [5, 5.41) is 5.70. The van der Waals surface area contributed by atoms with Crippen molar-refractivity contribution < 1.29 is 13.2 Å². The van der Waals surface area contributed by atoms with Crippen LogP contribution in [0.15, 0.2) is 42.6 Å². The molecule has 0 unspecified atom stereocenters. The van der Waals surface area contributed by atoms with Crippen molar-refractivity contribution in [1.82, 2.24) is 15.2 Å². The highest BCUT2D eigenvalue weighted by Gasteiger charge is 2.33. The van der Waals surface area contributed by atoms with Gasteiger partial charge in [0, 0.05) is 21.5 Å². The first-order valence-corrected chi connectivity index (χ1v) is 9.15. The van der Waals surface area contributed by atoms with Gasteiger partial charge in [0.1, 0.15) is 11.4 Å². The molecular weight excluding hydrogens is 359 g/mol. The van der Waals surface area contributed by atoms with Crippen molar-refractivity contribution in [2.75, 3.05) is 0 Å². The Morgan fingerprint density at radius 1 is 1.15 bits per heavy atom. The van der Waals surface area contributed by atoms with Gasteiger partial charge < -0.3 is 0 Å². The lowest BCUT2D eigenvalue weighted by Gasteiger charge is -2.00. The second kappa shape index (κ2) is 7.86. The van der Waals surface area contributed by atoms with Crippen LogP contribution in [0.25, 0.3) is 27.9 Å². The fourth-order valence-corrected chi connectivity index (χ4v) is 3.34. The van der Waals surface area contributed by atoms with Gasteiger partial charge in [-0.2, -0.15) is 18.3 Å². The molecule has 0 bridgehead atoms. The van der Waals surface area contributed by atoms with E-state index in [1.54, 1.807) is 23.6 Å². The zero-order valence-corrected chi connectivity index (χ0v) is 15.0. The summed E-state index contributed by atoms with van der Waals surface area (Å²) in [6, 6.07) is 8.58. The van der Waals surface area contributed by atoms with Gasteiger partial charge >= 0.3 is 6.18 Å². The lowest BCUT2D eigenvalue weighted by molar-refractivity contribution is -0.141. The summed E-state index contributed by atoms with van der Waals surface area (Å²) in [7, 11) is 0. The fourth-order valence-electron chi connectivity index (χ4n) is 2.41. The molecule has 0 aliphatic rings. The van der Waals surface area contributed by atoms with Gasteiger partial charge in [0.15, 0.2) is 0 Å². The third-order valence-electron chi connectivity index (χ3n) is 3.83. The number of alkyl halides is 3. The molecule has 0 fully saturated rings. The van der Waals surface area contributed by atoms with Crippen molar-refractivity contribution in [3.63, 3.8) is 0 Å². The fraction of sp³-hybridized carbons (Fsp3) is 0.263. The van der Waals surface area contributed by atoms with E-state index in [-0.39, 0.29) is 5.69 Å². The van der Waals surface area contributed by atoms with E-state index in [0.717, 1.165) is 22.9 Å². The largest absolute Gasteiger partial charge is 0.432 e. The maximum Gasteiger partial charge on any atom is 0.432 e. The second-order valence-electron chi connectivity index (χ2n) is 5.84. The Hall–Kier alpha value is -2.41. The summed E-state index contributed by atoms with van der Waals surface area (Å²) >= 11 is 1.66. The first kappa shape index (κ1) is 18.4. The molecule has 0 amide bonds. The van der Waals surface area contributed by atoms with Crippen LogP contribution in [0.3, 0.4) is 0 Å². The Labute approximate surface area is 153 Å². The molecule has 0 aliphatic heterocycles. The number of aromatic nitrogens is 3. The molecule has 3 aromatic heterocycles. The van der Waals surface area contributed by atoms with Crippen molar-refractivity contribution in [3.8, 4) is 21.8 Å². The number of rotatable bonds is 6. The smallest absolute Gasteiger partial charge is 0.273 e. The Morgan fingerprint density at radius 2 is 2.00 bits per heavy atom. The highest BCUT2D eigenvalue weighted by Crippen LogP contribution is 2.32. The normalized spacial score (nSPS) is 12.2. The van der Waals surface area contributed by atoms with E-state index >= 15 is 0 Å². The number of nitrogens with zero attached hydrogens (tertiary/aromatic N) is 2. The number of nitrogens with one attached hydrogen (secondary N) is 1. The number of allylic oxidation sites excluding steroid dienone is 1. The number of H-pyrrole nitrogens is 1. The maximum atomic E-state index is 12.6. The summed E-state index contributed by atoms with van der Waals surface area (Å²) in [4.78, 5) is 6.49. The van der Waals surface area contributed by atoms with E-state index in [9.17, 15) is 13.2 Å². The summed E-state index contributed by atoms with van der Waals surface area (Å²) in [5.41, 5.74) is 0.626. The minimum atomic E-state index is -4.44. The zero-order valence-electron chi connectivity index (χ0n) is 14.2. The molecule has 0 atom stereocenters. The summed E-state index contributed by atoms with van der Waals surface area (Å²) < 4.78 is 37.9. The molecule has 0 saturated carbocycles. The average molecular weight is 377 g/mol. The van der Waals surface area contributed by atoms with Crippen LogP contribution >= 0.6 is 11.3 Å². The molecule has 0 saturated heterocycles. The highest BCUT2D eigenvalue weighted by atomic mass is 32.1. The number of unbranched alkanes of at least 4 members (excludes halogenated alkanes) is 2. The lowest BCUT2D eigenvalue weighted by atomic mass is 10.2. The third-order valence-corrected chi connectivity index (χ3v) is 4.93. The van der Waals surface area contributed by atoms with Gasteiger partial charge in [0.25, 0.3) is 0 Å². The number of aromatic amines is 1. The topological polar surface area (TPSA) is 41.6 Å². The lowest BCUT2D eigenvalue weighted by Crippen LogP contribution is -2.04. The van der Waals surface area contributed by atoms with Crippen LogP contribution in [0.1, 0.15) is 36.8 Å². The standard InChI is InChI=1S/C19H18F3N3S/c1-2-3-4-5-6-14-8-10-17(26-14)13-7-9-15(23-12-13)16-11-18(25-24-16)19(20,21)22/h5-12H,2-4H2,1H3,(H,24,25)/b6-5+. The molecule has 0 aliphatic carbocycles. The zero-order chi connectivity index (χ0) is 18.6. The maximum absolute atomic E-state index is 12.6. The predicted octanol–water partition coefficient (Wildman–Crippen LogP) is 6.42. The van der Waals surface area contributed by atoms with Gasteiger partial charge in [-0.15, -0.1) is 11.3 Å². The first-order valence-electron chi connectivity index (χ1n) is 8.33. The Kier molecular flexibility index (Phi) is 5.56. The van der Waals surface area contributed by atoms with Crippen molar-refractivity contribution in [3.05, 3.63) is 53.2 Å². The quantitative estimate of drug-likeness (QED) is 0.503. The molecule has 3 heterocycles. The molecular formula is C19H18F3N3S. The molecule has 7 heteroatoms. The van der Waals surface area contributed by atoms with E-state index in [0.29, 0.717) is 5.69 Å². The van der Waals surface area contributed by atoms with Gasteiger partial charge in [0.05, 0.1) is 5.69 Å². The molecule has 136 valence electrons. The molecule has 0 aromatic carbocycles. The van der Waals surface area contributed by atoms with Gasteiger partial charge in [-0.25, -0.2) is 0 Å². The van der Waals surface area contributed by atoms with E-state index < -0.39 is 11.9 Å². The highest BCUT2D eigenvalue weighted by molar-refractivity contribution is 7.16. The number of pyridine rings is 1. The second-order valence-corrected chi connectivity index (χ2v) is 6.96. The summed E-state index contributed by atoms with van der Waals surface area (Å²) in [6.45, 7) is 2.17. The van der Waals surface area contributed by atoms with Crippen LogP contribution in [-0.2, 0) is 6.18 Å². The van der Waals surface area contributed by atoms with Gasteiger partial charge in [-0.05, 0) is 42.8 Å². The number of thiophene rings is 1. The predicted molar refractivity (Wildman–Crippen MR) is 98.7 cm³/mol. The SMILES string of the molecule is CCCC/C=C/c1ccc(-c2ccc(-c3cc(C(F)(F)F)[nH]n3)nc2)s1. The van der Waals surface area contributed by atoms with E-state index in [1.807, 2.05) is 17.2 Å². The third kappa shape index (κ3) is 4.40. The van der Waals surface area contributed by atoms with Gasteiger partial charge in [-0.3, -0.25) is 10.1 Å². The molecule has 26 heavy (non-hydrogen) atoms. The number of hydrogen-bond donors (Lipinski definition) is 1. The van der Waals surface area contributed by atoms with Crippen LogP contribution in [-0.4, -0.2) is 15.2 Å². The molecule has 0 radical (unpaired) electrons. The summed E-state index contributed by atoms with van der Waals surface area (Å²) in [5.74, 6) is 0. The molecule has 3 aromatic rings. The van der Waals surface area contributed by atoms with Gasteiger partial charge in [0.2, 0.25) is 0 Å². The van der Waals surface area contributed by atoms with E-state index in [2.05, 4.69) is 35.2 Å². The number of halogens is 3. The summed E-state index contributed by atoms with van der Waals surface area (Å²) in [6.07, 6.45) is 4.95.